The molecule has 1 fully saturated rings. The molecule has 1 saturated heterocycles. The minimum Gasteiger partial charge on any atom is -0.366 e. The summed E-state index contributed by atoms with van der Waals surface area (Å²) in [5, 5.41) is 3.60. The van der Waals surface area contributed by atoms with Crippen LogP contribution in [0.4, 0.5) is 0 Å². The van der Waals surface area contributed by atoms with Crippen molar-refractivity contribution in [1.29, 1.82) is 0 Å². The lowest BCUT2D eigenvalue weighted by Crippen LogP contribution is -2.52. The fourth-order valence-electron chi connectivity index (χ4n) is 2.64. The molecular weight excluding hydrogens is 330 g/mol. The van der Waals surface area contributed by atoms with Crippen LogP contribution in [0.1, 0.15) is 31.7 Å². The summed E-state index contributed by atoms with van der Waals surface area (Å²) in [6.45, 7) is 6.42. The van der Waals surface area contributed by atoms with Crippen molar-refractivity contribution in [3.8, 4) is 0 Å². The molecule has 23 heavy (non-hydrogen) atoms. The average Bonchev–Trinajstić information content (AvgIpc) is 2.60. The number of nitrogens with one attached hydrogen (secondary N) is 1. The Labute approximate surface area is 144 Å². The quantitative estimate of drug-likeness (QED) is 0.838. The maximum absolute atomic E-state index is 12.7. The average molecular weight is 356 g/mol. The van der Waals surface area contributed by atoms with Crippen molar-refractivity contribution in [2.75, 3.05) is 33.2 Å². The van der Waals surface area contributed by atoms with E-state index in [1.165, 1.54) is 5.56 Å². The Morgan fingerprint density at radius 3 is 2.26 bits per heavy atom. The van der Waals surface area contributed by atoms with E-state index in [2.05, 4.69) is 19.2 Å². The Balaban J connectivity index is 2.09. The summed E-state index contributed by atoms with van der Waals surface area (Å²) in [4.78, 5) is 2.36. The van der Waals surface area contributed by atoms with Gasteiger partial charge in [-0.2, -0.15) is 4.31 Å². The summed E-state index contributed by atoms with van der Waals surface area (Å²) in [7, 11) is -1.64. The van der Waals surface area contributed by atoms with Crippen LogP contribution in [-0.4, -0.2) is 56.0 Å². The molecule has 0 aliphatic carbocycles. The minimum atomic E-state index is -3.42. The van der Waals surface area contributed by atoms with E-state index in [0.717, 1.165) is 6.42 Å². The fraction of sp³-hybridized carbons (Fsp3) is 0.562. The number of hydrogen-bond acceptors (Lipinski definition) is 3. The van der Waals surface area contributed by atoms with Gasteiger partial charge in [-0.1, -0.05) is 26.0 Å². The van der Waals surface area contributed by atoms with Crippen molar-refractivity contribution in [3.05, 3.63) is 29.8 Å². The first-order valence-corrected chi connectivity index (χ1v) is 9.81. The molecule has 0 radical (unpaired) electrons. The van der Waals surface area contributed by atoms with Crippen LogP contribution < -0.4 is 5.32 Å². The van der Waals surface area contributed by atoms with Crippen LogP contribution in [0.25, 0.3) is 0 Å². The van der Waals surface area contributed by atoms with Crippen LogP contribution in [0.3, 0.4) is 0 Å². The summed E-state index contributed by atoms with van der Waals surface area (Å²) in [6, 6.07) is 7.30. The van der Waals surface area contributed by atoms with Crippen LogP contribution in [-0.2, 0) is 10.0 Å². The van der Waals surface area contributed by atoms with Gasteiger partial charge in [0.15, 0.2) is 5.11 Å². The molecule has 1 aromatic rings. The van der Waals surface area contributed by atoms with Crippen molar-refractivity contribution in [2.45, 2.75) is 31.1 Å². The van der Waals surface area contributed by atoms with Gasteiger partial charge in [0, 0.05) is 33.2 Å². The standard InChI is InChI=1S/C16H25N3O2S2/c1-4-13(2)14-5-7-15(8-6-14)23(20,21)19-11-9-18(10-12-19)16(22)17-3/h5-8,13H,4,9-12H2,1-3H3,(H,17,22)/t13-/m1/s1. The zero-order chi connectivity index (χ0) is 17.0. The largest absolute Gasteiger partial charge is 0.366 e. The SMILES string of the molecule is CC[C@@H](C)c1ccc(S(=O)(=O)N2CCN(C(=S)NC)CC2)cc1. The van der Waals surface area contributed by atoms with Crippen molar-refractivity contribution in [2.24, 2.45) is 0 Å². The summed E-state index contributed by atoms with van der Waals surface area (Å²) >= 11 is 5.20. The van der Waals surface area contributed by atoms with E-state index in [1.54, 1.807) is 23.5 Å². The highest BCUT2D eigenvalue weighted by atomic mass is 32.2. The van der Waals surface area contributed by atoms with Gasteiger partial charge < -0.3 is 10.2 Å². The molecule has 128 valence electrons. The van der Waals surface area contributed by atoms with E-state index >= 15 is 0 Å². The van der Waals surface area contributed by atoms with Crippen LogP contribution in [0.2, 0.25) is 0 Å². The van der Waals surface area contributed by atoms with Crippen molar-refractivity contribution in [1.82, 2.24) is 14.5 Å². The number of hydrogen-bond donors (Lipinski definition) is 1. The summed E-state index contributed by atoms with van der Waals surface area (Å²) in [5.41, 5.74) is 1.18. The second kappa shape index (κ2) is 7.59. The van der Waals surface area contributed by atoms with Gasteiger partial charge in [0.05, 0.1) is 4.90 Å². The minimum absolute atomic E-state index is 0.370. The highest BCUT2D eigenvalue weighted by molar-refractivity contribution is 7.89. The molecule has 7 heteroatoms. The molecule has 0 amide bonds. The monoisotopic (exact) mass is 355 g/mol. The molecule has 0 spiro atoms. The molecule has 0 saturated carbocycles. The smallest absolute Gasteiger partial charge is 0.243 e. The lowest BCUT2D eigenvalue weighted by molar-refractivity contribution is 0.265. The lowest BCUT2D eigenvalue weighted by Gasteiger charge is -2.35. The molecule has 0 unspecified atom stereocenters. The normalized spacial score (nSPS) is 17.8. The molecule has 5 nitrogen and oxygen atoms in total. The molecule has 1 aliphatic heterocycles. The third-order valence-corrected chi connectivity index (χ3v) is 6.81. The van der Waals surface area contributed by atoms with Gasteiger partial charge in [-0.05, 0) is 42.3 Å². The number of benzene rings is 1. The highest BCUT2D eigenvalue weighted by Crippen LogP contribution is 2.23. The Morgan fingerprint density at radius 1 is 1.22 bits per heavy atom. The number of rotatable bonds is 4. The van der Waals surface area contributed by atoms with E-state index in [0.29, 0.717) is 42.1 Å². The van der Waals surface area contributed by atoms with Crippen LogP contribution in [0, 0.1) is 0 Å². The number of nitrogens with zero attached hydrogens (tertiary/aromatic N) is 2. The van der Waals surface area contributed by atoms with Gasteiger partial charge in [0.2, 0.25) is 10.0 Å². The molecule has 0 aromatic heterocycles. The first-order valence-electron chi connectivity index (χ1n) is 7.97. The van der Waals surface area contributed by atoms with Gasteiger partial charge in [-0.15, -0.1) is 0 Å². The molecule has 2 rings (SSSR count). The Bertz CT molecular complexity index is 636. The topological polar surface area (TPSA) is 52.7 Å². The zero-order valence-electron chi connectivity index (χ0n) is 13.9. The summed E-state index contributed by atoms with van der Waals surface area (Å²) < 4.78 is 27.0. The van der Waals surface area contributed by atoms with E-state index < -0.39 is 10.0 Å². The first kappa shape index (κ1) is 18.2. The molecule has 1 heterocycles. The lowest BCUT2D eigenvalue weighted by atomic mass is 9.99. The molecule has 1 atom stereocenters. The fourth-order valence-corrected chi connectivity index (χ4v) is 4.25. The van der Waals surface area contributed by atoms with E-state index in [-0.39, 0.29) is 0 Å². The molecular formula is C16H25N3O2S2. The van der Waals surface area contributed by atoms with Crippen molar-refractivity contribution >= 4 is 27.4 Å². The van der Waals surface area contributed by atoms with E-state index in [4.69, 9.17) is 12.2 Å². The predicted molar refractivity (Wildman–Crippen MR) is 97.1 cm³/mol. The second-order valence-corrected chi connectivity index (χ2v) is 8.15. The second-order valence-electron chi connectivity index (χ2n) is 5.82. The molecule has 1 aliphatic rings. The molecule has 1 aromatic carbocycles. The Hall–Kier alpha value is -1.18. The van der Waals surface area contributed by atoms with Crippen LogP contribution >= 0.6 is 12.2 Å². The van der Waals surface area contributed by atoms with Gasteiger partial charge in [-0.25, -0.2) is 8.42 Å². The van der Waals surface area contributed by atoms with Crippen LogP contribution in [0.5, 0.6) is 0 Å². The highest BCUT2D eigenvalue weighted by Gasteiger charge is 2.29. The van der Waals surface area contributed by atoms with Crippen LogP contribution in [0.15, 0.2) is 29.2 Å². The molecule has 0 bridgehead atoms. The summed E-state index contributed by atoms with van der Waals surface area (Å²) in [6.07, 6.45) is 1.04. The molecule has 1 N–H and O–H groups in total. The van der Waals surface area contributed by atoms with Crippen molar-refractivity contribution in [3.63, 3.8) is 0 Å². The summed E-state index contributed by atoms with van der Waals surface area (Å²) in [5.74, 6) is 0.442. The first-order chi connectivity index (χ1) is 10.9. The van der Waals surface area contributed by atoms with Crippen molar-refractivity contribution < 1.29 is 8.42 Å². The Kier molecular flexibility index (Phi) is 6.00. The van der Waals surface area contributed by atoms with Gasteiger partial charge in [-0.3, -0.25) is 0 Å². The third-order valence-electron chi connectivity index (χ3n) is 4.44. The Morgan fingerprint density at radius 2 is 1.78 bits per heavy atom. The number of sulfonamides is 1. The maximum Gasteiger partial charge on any atom is 0.243 e. The predicted octanol–water partition coefficient (Wildman–Crippen LogP) is 2.01. The van der Waals surface area contributed by atoms with Gasteiger partial charge in [0.1, 0.15) is 0 Å². The van der Waals surface area contributed by atoms with E-state index in [9.17, 15) is 8.42 Å². The maximum atomic E-state index is 12.7. The third kappa shape index (κ3) is 4.02. The van der Waals surface area contributed by atoms with Gasteiger partial charge in [0.25, 0.3) is 0 Å². The van der Waals surface area contributed by atoms with Gasteiger partial charge >= 0.3 is 0 Å². The number of piperazine rings is 1. The van der Waals surface area contributed by atoms with E-state index in [1.807, 2.05) is 17.0 Å². The zero-order valence-corrected chi connectivity index (χ0v) is 15.6. The number of thiocarbonyl (C=S) groups is 1.